The molecule has 2 rings (SSSR count). The lowest BCUT2D eigenvalue weighted by molar-refractivity contribution is 0.108. The number of hydrogen-bond donors (Lipinski definition) is 1. The lowest BCUT2D eigenvalue weighted by Gasteiger charge is -2.04. The third-order valence-corrected chi connectivity index (χ3v) is 2.85. The van der Waals surface area contributed by atoms with Crippen LogP contribution in [-0.4, -0.2) is 25.9 Å². The quantitative estimate of drug-likeness (QED) is 0.848. The largest absolute Gasteiger partial charge is 0.453 e. The molecule has 4 nitrogen and oxygen atoms in total. The van der Waals surface area contributed by atoms with Crippen LogP contribution in [-0.2, 0) is 16.1 Å². The molecule has 1 fully saturated rings. The molecule has 1 aromatic carbocycles. The molecule has 2 atom stereocenters. The fraction of sp³-hybridized carbons (Fsp3) is 0.462. The summed E-state index contributed by atoms with van der Waals surface area (Å²) in [6.07, 6.45) is 0.615. The van der Waals surface area contributed by atoms with Crippen LogP contribution in [0.1, 0.15) is 12.0 Å². The predicted molar refractivity (Wildman–Crippen MR) is 63.5 cm³/mol. The van der Waals surface area contributed by atoms with E-state index in [9.17, 15) is 4.79 Å². The highest BCUT2D eigenvalue weighted by molar-refractivity contribution is 5.67. The molecule has 1 N–H and O–H groups in total. The van der Waals surface area contributed by atoms with Crippen molar-refractivity contribution in [2.75, 3.05) is 13.7 Å². The van der Waals surface area contributed by atoms with E-state index in [4.69, 9.17) is 4.74 Å². The van der Waals surface area contributed by atoms with Gasteiger partial charge in [0.25, 0.3) is 0 Å². The maximum atomic E-state index is 10.9. The molecule has 4 heteroatoms. The number of hydrogen-bond acceptors (Lipinski definition) is 3. The molecule has 2 unspecified atom stereocenters. The number of carbonyl (C=O) groups excluding carboxylic acids is 1. The van der Waals surface area contributed by atoms with Gasteiger partial charge in [0.1, 0.15) is 0 Å². The van der Waals surface area contributed by atoms with E-state index in [-0.39, 0.29) is 12.1 Å². The van der Waals surface area contributed by atoms with E-state index in [1.54, 1.807) is 0 Å². The van der Waals surface area contributed by atoms with E-state index >= 15 is 0 Å². The molecule has 1 saturated carbocycles. The average molecular weight is 235 g/mol. The highest BCUT2D eigenvalue weighted by Gasteiger charge is 2.38. The number of rotatable bonds is 5. The summed E-state index contributed by atoms with van der Waals surface area (Å²) in [5, 5.41) is 2.76. The minimum absolute atomic E-state index is 0.221. The summed E-state index contributed by atoms with van der Waals surface area (Å²) >= 11 is 0. The average Bonchev–Trinajstić information content (AvgIpc) is 3.08. The summed E-state index contributed by atoms with van der Waals surface area (Å²) in [6.45, 7) is 1.31. The smallest absolute Gasteiger partial charge is 0.407 e. The van der Waals surface area contributed by atoms with Crippen molar-refractivity contribution < 1.29 is 14.3 Å². The van der Waals surface area contributed by atoms with Crippen molar-refractivity contribution >= 4 is 6.09 Å². The summed E-state index contributed by atoms with van der Waals surface area (Å²) in [7, 11) is 1.37. The molecule has 0 heterocycles. The Balaban J connectivity index is 1.60. The Hall–Kier alpha value is -1.55. The van der Waals surface area contributed by atoms with Crippen LogP contribution in [0.15, 0.2) is 30.3 Å². The van der Waals surface area contributed by atoms with E-state index in [2.05, 4.69) is 10.1 Å². The van der Waals surface area contributed by atoms with Crippen molar-refractivity contribution in [2.45, 2.75) is 19.1 Å². The van der Waals surface area contributed by atoms with E-state index in [0.717, 1.165) is 6.42 Å². The van der Waals surface area contributed by atoms with Crippen molar-refractivity contribution in [1.29, 1.82) is 0 Å². The minimum atomic E-state index is -0.361. The Kier molecular flexibility index (Phi) is 3.98. The molecule has 92 valence electrons. The standard InChI is InChI=1S/C13H17NO3/c1-16-13(15)14-12-7-11(12)9-17-8-10-5-3-2-4-6-10/h2-6,11-12H,7-9H2,1H3,(H,14,15). The maximum absolute atomic E-state index is 10.9. The van der Waals surface area contributed by atoms with Gasteiger partial charge in [0.15, 0.2) is 0 Å². The number of nitrogens with one attached hydrogen (secondary N) is 1. The third-order valence-electron chi connectivity index (χ3n) is 2.85. The third kappa shape index (κ3) is 3.75. The van der Waals surface area contributed by atoms with E-state index in [0.29, 0.717) is 19.1 Å². The highest BCUT2D eigenvalue weighted by Crippen LogP contribution is 2.30. The molecule has 0 radical (unpaired) electrons. The summed E-state index contributed by atoms with van der Waals surface area (Å²) in [5.74, 6) is 0.429. The maximum Gasteiger partial charge on any atom is 0.407 e. The summed E-state index contributed by atoms with van der Waals surface area (Å²) < 4.78 is 10.1. The molecular formula is C13H17NO3. The summed E-state index contributed by atoms with van der Waals surface area (Å²) in [5.41, 5.74) is 1.17. The Morgan fingerprint density at radius 3 is 2.88 bits per heavy atom. The number of carbonyl (C=O) groups is 1. The molecule has 17 heavy (non-hydrogen) atoms. The molecule has 1 aliphatic rings. The van der Waals surface area contributed by atoms with Crippen LogP contribution >= 0.6 is 0 Å². The molecule has 0 aromatic heterocycles. The van der Waals surface area contributed by atoms with E-state index < -0.39 is 0 Å². The van der Waals surface area contributed by atoms with Crippen LogP contribution in [0.4, 0.5) is 4.79 Å². The number of ether oxygens (including phenoxy) is 2. The molecule has 1 amide bonds. The van der Waals surface area contributed by atoms with Crippen molar-refractivity contribution in [2.24, 2.45) is 5.92 Å². The van der Waals surface area contributed by atoms with Crippen molar-refractivity contribution in [3.05, 3.63) is 35.9 Å². The second-order valence-electron chi connectivity index (χ2n) is 4.24. The molecule has 0 spiro atoms. The van der Waals surface area contributed by atoms with Crippen LogP contribution in [0.25, 0.3) is 0 Å². The lowest BCUT2D eigenvalue weighted by Crippen LogP contribution is -2.27. The first-order chi connectivity index (χ1) is 8.29. The number of amides is 1. The zero-order chi connectivity index (χ0) is 12.1. The first-order valence-electron chi connectivity index (χ1n) is 5.75. The van der Waals surface area contributed by atoms with Crippen LogP contribution in [0.2, 0.25) is 0 Å². The zero-order valence-electron chi connectivity index (χ0n) is 9.89. The van der Waals surface area contributed by atoms with Gasteiger partial charge in [-0.1, -0.05) is 30.3 Å². The van der Waals surface area contributed by atoms with Gasteiger partial charge in [-0.15, -0.1) is 0 Å². The first-order valence-corrected chi connectivity index (χ1v) is 5.75. The Morgan fingerprint density at radius 2 is 2.18 bits per heavy atom. The molecule has 1 aromatic rings. The van der Waals surface area contributed by atoms with Gasteiger partial charge < -0.3 is 14.8 Å². The topological polar surface area (TPSA) is 47.6 Å². The SMILES string of the molecule is COC(=O)NC1CC1COCc1ccccc1. The second-order valence-corrected chi connectivity index (χ2v) is 4.24. The Bertz CT molecular complexity index is 366. The number of methoxy groups -OCH3 is 1. The second kappa shape index (κ2) is 5.68. The van der Waals surface area contributed by atoms with Gasteiger partial charge >= 0.3 is 6.09 Å². The van der Waals surface area contributed by atoms with Gasteiger partial charge in [-0.25, -0.2) is 4.79 Å². The van der Waals surface area contributed by atoms with Gasteiger partial charge in [0.2, 0.25) is 0 Å². The normalized spacial score (nSPS) is 21.9. The van der Waals surface area contributed by atoms with Crippen molar-refractivity contribution in [3.8, 4) is 0 Å². The van der Waals surface area contributed by atoms with Gasteiger partial charge in [0.05, 0.1) is 20.3 Å². The molecule has 0 aliphatic heterocycles. The predicted octanol–water partition coefficient (Wildman–Crippen LogP) is 1.95. The summed E-state index contributed by atoms with van der Waals surface area (Å²) in [4.78, 5) is 10.9. The van der Waals surface area contributed by atoms with Gasteiger partial charge in [0, 0.05) is 12.0 Å². The molecular weight excluding hydrogens is 218 g/mol. The number of benzene rings is 1. The van der Waals surface area contributed by atoms with Gasteiger partial charge in [-0.3, -0.25) is 0 Å². The number of alkyl carbamates (subject to hydrolysis) is 1. The van der Waals surface area contributed by atoms with E-state index in [1.165, 1.54) is 12.7 Å². The van der Waals surface area contributed by atoms with E-state index in [1.807, 2.05) is 30.3 Å². The van der Waals surface area contributed by atoms with Crippen LogP contribution in [0, 0.1) is 5.92 Å². The summed E-state index contributed by atoms with van der Waals surface area (Å²) in [6, 6.07) is 10.3. The molecule has 0 bridgehead atoms. The lowest BCUT2D eigenvalue weighted by atomic mass is 10.2. The van der Waals surface area contributed by atoms with Gasteiger partial charge in [-0.2, -0.15) is 0 Å². The Morgan fingerprint density at radius 1 is 1.41 bits per heavy atom. The molecule has 0 saturated heterocycles. The van der Waals surface area contributed by atoms with Gasteiger partial charge in [-0.05, 0) is 12.0 Å². The fourth-order valence-electron chi connectivity index (χ4n) is 1.72. The monoisotopic (exact) mass is 235 g/mol. The van der Waals surface area contributed by atoms with Crippen LogP contribution < -0.4 is 5.32 Å². The highest BCUT2D eigenvalue weighted by atomic mass is 16.5. The minimum Gasteiger partial charge on any atom is -0.453 e. The van der Waals surface area contributed by atoms with Crippen LogP contribution in [0.5, 0.6) is 0 Å². The molecule has 1 aliphatic carbocycles. The zero-order valence-corrected chi connectivity index (χ0v) is 9.89. The van der Waals surface area contributed by atoms with Crippen molar-refractivity contribution in [3.63, 3.8) is 0 Å². The van der Waals surface area contributed by atoms with Crippen LogP contribution in [0.3, 0.4) is 0 Å². The first kappa shape index (κ1) is 11.9. The van der Waals surface area contributed by atoms with Crippen molar-refractivity contribution in [1.82, 2.24) is 5.32 Å². The Labute approximate surface area is 101 Å². The fourth-order valence-corrected chi connectivity index (χ4v) is 1.72.